The monoisotopic (exact) mass is 605 g/mol. The molecule has 1 fully saturated rings. The molecule has 0 bridgehead atoms. The quantitative estimate of drug-likeness (QED) is 0.142. The van der Waals surface area contributed by atoms with Gasteiger partial charge in [-0.25, -0.2) is 10.1 Å². The molecule has 44 heavy (non-hydrogen) atoms. The van der Waals surface area contributed by atoms with Crippen LogP contribution < -0.4 is 20.6 Å². The van der Waals surface area contributed by atoms with Crippen LogP contribution in [0.2, 0.25) is 0 Å². The van der Waals surface area contributed by atoms with Crippen LogP contribution >= 0.6 is 0 Å². The number of rotatable bonds is 11. The third-order valence-electron chi connectivity index (χ3n) is 7.09. The van der Waals surface area contributed by atoms with Crippen LogP contribution in [0.5, 0.6) is 11.5 Å². The number of hydrogen-bond donors (Lipinski definition) is 2. The number of hydrazone groups is 1. The third kappa shape index (κ3) is 6.79. The molecule has 0 saturated carbocycles. The van der Waals surface area contributed by atoms with Gasteiger partial charge in [0.2, 0.25) is 11.6 Å². The number of nitro benzene ring substituents is 1. The van der Waals surface area contributed by atoms with Crippen LogP contribution in [0.3, 0.4) is 0 Å². The zero-order valence-electron chi connectivity index (χ0n) is 24.3. The van der Waals surface area contributed by atoms with Crippen LogP contribution in [0.1, 0.15) is 32.9 Å². The minimum atomic E-state index is -0.572. The average molecular weight is 606 g/mol. The molecule has 0 spiro atoms. The van der Waals surface area contributed by atoms with Gasteiger partial charge in [0.1, 0.15) is 18.1 Å². The number of hydrogen-bond acceptors (Lipinski definition) is 14. The second kappa shape index (κ2) is 13.3. The summed E-state index contributed by atoms with van der Waals surface area (Å²) in [6.07, 6.45) is 1.47. The molecule has 17 heteroatoms. The Labute approximate surface area is 251 Å². The van der Waals surface area contributed by atoms with Crippen molar-refractivity contribution in [2.75, 3.05) is 46.1 Å². The Balaban J connectivity index is 1.29. The molecule has 3 N–H and O–H groups in total. The number of likely N-dealkylation sites (N-methyl/N-ethyl adjacent to an activating group) is 1. The van der Waals surface area contributed by atoms with Gasteiger partial charge in [-0.15, -0.1) is 5.10 Å². The molecule has 0 atom stereocenters. The predicted octanol–water partition coefficient (Wildman–Crippen LogP) is 1.55. The van der Waals surface area contributed by atoms with Gasteiger partial charge >= 0.3 is 0 Å². The van der Waals surface area contributed by atoms with Gasteiger partial charge in [0.15, 0.2) is 5.69 Å². The smallest absolute Gasteiger partial charge is 0.293 e. The van der Waals surface area contributed by atoms with Gasteiger partial charge in [-0.1, -0.05) is 5.21 Å². The second-order valence-electron chi connectivity index (χ2n) is 10.1. The number of carbonyl (C=O) groups is 1. The Bertz CT molecular complexity index is 1680. The Kier molecular flexibility index (Phi) is 9.06. The highest BCUT2D eigenvalue weighted by molar-refractivity contribution is 5.94. The van der Waals surface area contributed by atoms with E-state index in [0.29, 0.717) is 40.4 Å². The number of nitrogens with two attached hydrogens (primary N) is 1. The molecule has 3 heterocycles. The van der Waals surface area contributed by atoms with E-state index >= 15 is 0 Å². The third-order valence-corrected chi connectivity index (χ3v) is 7.09. The summed E-state index contributed by atoms with van der Waals surface area (Å²) in [4.78, 5) is 28.3. The number of carbonyl (C=O) groups excluding carboxylic acids is 1. The van der Waals surface area contributed by atoms with Gasteiger partial charge in [0.05, 0.1) is 23.9 Å². The number of nitrogen functional groups attached to an aromatic ring is 1. The van der Waals surface area contributed by atoms with Crippen LogP contribution in [0.4, 0.5) is 11.5 Å². The van der Waals surface area contributed by atoms with Crippen LogP contribution in [0, 0.1) is 17.0 Å². The van der Waals surface area contributed by atoms with Crippen molar-refractivity contribution in [3.05, 3.63) is 74.6 Å². The minimum Gasteiger partial charge on any atom is -0.496 e. The first-order valence-corrected chi connectivity index (χ1v) is 13.6. The molecule has 0 unspecified atom stereocenters. The molecular formula is C27H31N11O6. The SMILES string of the molecule is COc1ccc(/C=N\NC(=O)c2nnn(-c3nonc3N)c2CN2CCN(C)CC2)cc1COc1ccc([N+](=O)[O-])c(C)c1. The van der Waals surface area contributed by atoms with Gasteiger partial charge in [-0.2, -0.15) is 9.78 Å². The number of nitro groups is 1. The second-order valence-corrected chi connectivity index (χ2v) is 10.1. The van der Waals surface area contributed by atoms with Crippen LogP contribution in [-0.4, -0.2) is 92.5 Å². The van der Waals surface area contributed by atoms with Crippen molar-refractivity contribution in [1.29, 1.82) is 0 Å². The number of nitrogens with zero attached hydrogens (tertiary/aromatic N) is 9. The number of methoxy groups -OCH3 is 1. The van der Waals surface area contributed by atoms with Crippen molar-refractivity contribution in [2.24, 2.45) is 5.10 Å². The summed E-state index contributed by atoms with van der Waals surface area (Å²) in [5, 5.41) is 30.8. The highest BCUT2D eigenvalue weighted by Crippen LogP contribution is 2.26. The van der Waals surface area contributed by atoms with E-state index in [1.165, 1.54) is 17.0 Å². The number of aromatic nitrogens is 5. The predicted molar refractivity (Wildman–Crippen MR) is 157 cm³/mol. The first-order valence-electron chi connectivity index (χ1n) is 13.6. The molecule has 0 aliphatic carbocycles. The molecule has 2 aromatic carbocycles. The van der Waals surface area contributed by atoms with Crippen molar-refractivity contribution < 1.29 is 23.8 Å². The van der Waals surface area contributed by atoms with E-state index < -0.39 is 10.8 Å². The van der Waals surface area contributed by atoms with Crippen LogP contribution in [0.25, 0.3) is 5.82 Å². The topological polar surface area (TPSA) is 205 Å². The van der Waals surface area contributed by atoms with Crippen molar-refractivity contribution in [3.63, 3.8) is 0 Å². The van der Waals surface area contributed by atoms with Crippen molar-refractivity contribution >= 4 is 23.6 Å². The molecule has 2 aromatic heterocycles. The molecule has 17 nitrogen and oxygen atoms in total. The zero-order chi connectivity index (χ0) is 31.2. The van der Waals surface area contributed by atoms with E-state index in [1.54, 1.807) is 44.4 Å². The molecular weight excluding hydrogens is 574 g/mol. The maximum Gasteiger partial charge on any atom is 0.293 e. The van der Waals surface area contributed by atoms with Crippen LogP contribution in [0.15, 0.2) is 46.1 Å². The van der Waals surface area contributed by atoms with Crippen molar-refractivity contribution in [2.45, 2.75) is 20.1 Å². The Morgan fingerprint density at radius 3 is 2.68 bits per heavy atom. The van der Waals surface area contributed by atoms with Gasteiger partial charge in [-0.05, 0) is 60.2 Å². The fourth-order valence-corrected chi connectivity index (χ4v) is 4.64. The van der Waals surface area contributed by atoms with E-state index in [1.807, 2.05) is 0 Å². The standard InChI is InChI=1S/C27H31N11O6/c1-17-12-20(5-6-21(17)38(40)41)43-16-19-13-18(4-7-23(19)42-3)14-29-31-27(39)24-22(15-36-10-8-35(2)9-11-36)37(34-30-24)26-25(28)32-44-33-26/h4-7,12-14H,8-11,15-16H2,1-3H3,(H2,28,32)(H,31,39)/b29-14-. The lowest BCUT2D eigenvalue weighted by molar-refractivity contribution is -0.385. The maximum atomic E-state index is 13.2. The number of aryl methyl sites for hydroxylation is 1. The van der Waals surface area contributed by atoms with Gasteiger partial charge in [0, 0.05) is 49.9 Å². The fourth-order valence-electron chi connectivity index (χ4n) is 4.64. The normalized spacial score (nSPS) is 14.2. The molecule has 4 aromatic rings. The number of nitrogens with one attached hydrogen (secondary N) is 1. The summed E-state index contributed by atoms with van der Waals surface area (Å²) in [5.74, 6) is 0.641. The number of benzene rings is 2. The highest BCUT2D eigenvalue weighted by Gasteiger charge is 2.26. The van der Waals surface area contributed by atoms with E-state index in [2.05, 4.69) is 48.0 Å². The number of ether oxygens (including phenoxy) is 2. The lowest BCUT2D eigenvalue weighted by atomic mass is 10.1. The van der Waals surface area contributed by atoms with Crippen LogP contribution in [-0.2, 0) is 13.2 Å². The Morgan fingerprint density at radius 2 is 2.00 bits per heavy atom. The lowest BCUT2D eigenvalue weighted by Crippen LogP contribution is -2.44. The number of amides is 1. The maximum absolute atomic E-state index is 13.2. The molecule has 0 radical (unpaired) electrons. The Hall–Kier alpha value is -5.42. The summed E-state index contributed by atoms with van der Waals surface area (Å²) in [6, 6.07) is 9.86. The summed E-state index contributed by atoms with van der Waals surface area (Å²) < 4.78 is 17.4. The summed E-state index contributed by atoms with van der Waals surface area (Å²) in [7, 11) is 3.60. The van der Waals surface area contributed by atoms with E-state index in [9.17, 15) is 14.9 Å². The van der Waals surface area contributed by atoms with Crippen molar-refractivity contribution in [1.82, 2.24) is 40.5 Å². The summed E-state index contributed by atoms with van der Waals surface area (Å²) in [5.41, 5.74) is 10.8. The molecule has 5 rings (SSSR count). The minimum absolute atomic E-state index is 0.0162. The lowest BCUT2D eigenvalue weighted by Gasteiger charge is -2.32. The number of piperazine rings is 1. The van der Waals surface area contributed by atoms with Gasteiger partial charge < -0.3 is 20.1 Å². The van der Waals surface area contributed by atoms with E-state index in [-0.39, 0.29) is 29.6 Å². The largest absolute Gasteiger partial charge is 0.496 e. The summed E-state index contributed by atoms with van der Waals surface area (Å²) in [6.45, 7) is 5.49. The summed E-state index contributed by atoms with van der Waals surface area (Å²) >= 11 is 0. The van der Waals surface area contributed by atoms with Gasteiger partial charge in [0.25, 0.3) is 11.6 Å². The molecule has 230 valence electrons. The molecule has 1 saturated heterocycles. The zero-order valence-corrected chi connectivity index (χ0v) is 24.3. The highest BCUT2D eigenvalue weighted by atomic mass is 16.6. The molecule has 1 aliphatic heterocycles. The molecule has 1 amide bonds. The first kappa shape index (κ1) is 30.1. The van der Waals surface area contributed by atoms with Gasteiger partial charge in [-0.3, -0.25) is 19.8 Å². The average Bonchev–Trinajstić information content (AvgIpc) is 3.62. The van der Waals surface area contributed by atoms with Crippen molar-refractivity contribution in [3.8, 4) is 17.3 Å². The molecule has 1 aliphatic rings. The van der Waals surface area contributed by atoms with E-state index in [4.69, 9.17) is 19.8 Å². The first-order chi connectivity index (χ1) is 21.2. The fraction of sp³-hybridized carbons (Fsp3) is 0.333. The van der Waals surface area contributed by atoms with E-state index in [0.717, 1.165) is 26.2 Å². The number of anilines is 1. The Morgan fingerprint density at radius 1 is 1.20 bits per heavy atom.